The molecule has 2 fully saturated rings. The number of nitrogens with two attached hydrogens (primary N) is 1. The standard InChI is InChI=1S/C40H50N10O2/c1-23(2)25(5)38(51)49-18-6-8-32(49)36-42-20-30(45-36)28-14-10-26(11-15-28)27-12-16-29(17-13-27)31-21-43-37(46-31)33-9-7-19-50(33)39(52)35(24(3)4)48-40-44-22-34(41)47-40/h10-17,20-21,23-25,32-33,35H,6-9,18-19,22H2,1-5H3,(H,42,45)(H,43,46)(H3,41,44,47,48)/t25-,32-,33-,35-/m0/s1. The van der Waals surface area contributed by atoms with Gasteiger partial charge in [-0.05, 0) is 59.8 Å². The van der Waals surface area contributed by atoms with Crippen LogP contribution in [0.4, 0.5) is 0 Å². The molecule has 0 saturated carbocycles. The van der Waals surface area contributed by atoms with Gasteiger partial charge in [-0.15, -0.1) is 0 Å². The lowest BCUT2D eigenvalue weighted by Gasteiger charge is -2.30. The Kier molecular flexibility index (Phi) is 9.98. The fourth-order valence-electron chi connectivity index (χ4n) is 7.44. The van der Waals surface area contributed by atoms with E-state index in [1.54, 1.807) is 0 Å². The highest BCUT2D eigenvalue weighted by molar-refractivity contribution is 6.02. The summed E-state index contributed by atoms with van der Waals surface area (Å²) in [7, 11) is 0. The number of carbonyl (C=O) groups is 2. The molecule has 3 aliphatic rings. The van der Waals surface area contributed by atoms with Crippen molar-refractivity contribution in [3.8, 4) is 33.6 Å². The van der Waals surface area contributed by atoms with Crippen LogP contribution in [0.15, 0.2) is 70.9 Å². The van der Waals surface area contributed by atoms with E-state index in [1.807, 2.05) is 43.0 Å². The van der Waals surface area contributed by atoms with E-state index >= 15 is 0 Å². The van der Waals surface area contributed by atoms with Crippen LogP contribution in [0, 0.1) is 17.8 Å². The third-order valence-corrected chi connectivity index (χ3v) is 10.9. The Balaban J connectivity index is 1.00. The van der Waals surface area contributed by atoms with Crippen molar-refractivity contribution in [3.05, 3.63) is 72.6 Å². The maximum absolute atomic E-state index is 13.8. The van der Waals surface area contributed by atoms with E-state index in [2.05, 4.69) is 87.6 Å². The molecule has 2 amide bonds. The van der Waals surface area contributed by atoms with Crippen LogP contribution >= 0.6 is 0 Å². The summed E-state index contributed by atoms with van der Waals surface area (Å²) in [6, 6.07) is 16.3. The van der Waals surface area contributed by atoms with Crippen molar-refractivity contribution in [3.63, 3.8) is 0 Å². The average molecular weight is 703 g/mol. The second-order valence-electron chi connectivity index (χ2n) is 15.0. The van der Waals surface area contributed by atoms with Gasteiger partial charge in [-0.3, -0.25) is 9.59 Å². The van der Waals surface area contributed by atoms with Crippen LogP contribution in [-0.4, -0.2) is 79.0 Å². The number of aromatic nitrogens is 4. The Hall–Kier alpha value is -5.26. The Bertz CT molecular complexity index is 1960. The van der Waals surface area contributed by atoms with Crippen molar-refractivity contribution in [2.45, 2.75) is 78.4 Å². The van der Waals surface area contributed by atoms with Gasteiger partial charge in [0.05, 0.1) is 35.9 Å². The van der Waals surface area contributed by atoms with E-state index < -0.39 is 6.04 Å². The first-order valence-electron chi connectivity index (χ1n) is 18.6. The van der Waals surface area contributed by atoms with E-state index in [0.29, 0.717) is 30.8 Å². The quantitative estimate of drug-likeness (QED) is 0.156. The van der Waals surface area contributed by atoms with Crippen LogP contribution in [0.2, 0.25) is 0 Å². The number of guanidine groups is 1. The summed E-state index contributed by atoms with van der Waals surface area (Å²) in [5.41, 5.74) is 12.0. The molecular formula is C40H50N10O2. The molecule has 0 unspecified atom stereocenters. The largest absolute Gasteiger partial charge is 0.385 e. The van der Waals surface area contributed by atoms with Gasteiger partial charge in [-0.25, -0.2) is 15.0 Å². The molecule has 0 bridgehead atoms. The van der Waals surface area contributed by atoms with Gasteiger partial charge in [-0.1, -0.05) is 83.1 Å². The molecule has 3 aliphatic heterocycles. The van der Waals surface area contributed by atoms with E-state index in [1.165, 1.54) is 0 Å². The van der Waals surface area contributed by atoms with Gasteiger partial charge < -0.3 is 30.8 Å². The summed E-state index contributed by atoms with van der Waals surface area (Å²) in [6.07, 6.45) is 7.41. The molecule has 4 aromatic rings. The predicted molar refractivity (Wildman–Crippen MR) is 204 cm³/mol. The Labute approximate surface area is 305 Å². The molecule has 0 aliphatic carbocycles. The number of benzene rings is 2. The van der Waals surface area contributed by atoms with Gasteiger partial charge in [0.15, 0.2) is 0 Å². The van der Waals surface area contributed by atoms with E-state index in [4.69, 9.17) is 15.7 Å². The lowest BCUT2D eigenvalue weighted by molar-refractivity contribution is -0.137. The highest BCUT2D eigenvalue weighted by atomic mass is 16.2. The van der Waals surface area contributed by atoms with Crippen LogP contribution in [0.5, 0.6) is 0 Å². The number of amidine groups is 1. The van der Waals surface area contributed by atoms with E-state index in [-0.39, 0.29) is 35.7 Å². The monoisotopic (exact) mass is 702 g/mol. The fourth-order valence-corrected chi connectivity index (χ4v) is 7.44. The Morgan fingerprint density at radius 1 is 0.731 bits per heavy atom. The molecule has 5 heterocycles. The maximum Gasteiger partial charge on any atom is 0.246 e. The van der Waals surface area contributed by atoms with Crippen LogP contribution in [0.1, 0.15) is 84.0 Å². The summed E-state index contributed by atoms with van der Waals surface area (Å²) in [5.74, 6) is 3.10. The van der Waals surface area contributed by atoms with Crippen molar-refractivity contribution < 1.29 is 9.59 Å². The lowest BCUT2D eigenvalue weighted by atomic mass is 9.96. The van der Waals surface area contributed by atoms with Gasteiger partial charge in [0, 0.05) is 19.0 Å². The molecule has 0 radical (unpaired) electrons. The minimum Gasteiger partial charge on any atom is -0.385 e. The molecule has 272 valence electrons. The van der Waals surface area contributed by atoms with Crippen LogP contribution in [0.25, 0.3) is 33.6 Å². The van der Waals surface area contributed by atoms with Crippen LogP contribution in [0.3, 0.4) is 0 Å². The summed E-state index contributed by atoms with van der Waals surface area (Å²) in [5, 5.41) is 3.22. The highest BCUT2D eigenvalue weighted by Crippen LogP contribution is 2.35. The molecule has 2 saturated heterocycles. The van der Waals surface area contributed by atoms with Crippen LogP contribution in [-0.2, 0) is 9.59 Å². The van der Waals surface area contributed by atoms with Crippen molar-refractivity contribution in [1.82, 2.24) is 35.1 Å². The van der Waals surface area contributed by atoms with Crippen molar-refractivity contribution in [1.29, 1.82) is 0 Å². The van der Waals surface area contributed by atoms with Crippen molar-refractivity contribution in [2.75, 3.05) is 19.6 Å². The molecule has 52 heavy (non-hydrogen) atoms. The zero-order chi connectivity index (χ0) is 36.5. The normalized spacial score (nSPS) is 20.1. The fraction of sp³-hybridized carbons (Fsp3) is 0.450. The second kappa shape index (κ2) is 14.8. The van der Waals surface area contributed by atoms with Gasteiger partial charge in [0.1, 0.15) is 30.1 Å². The summed E-state index contributed by atoms with van der Waals surface area (Å²) in [4.78, 5) is 55.9. The molecule has 4 atom stereocenters. The number of rotatable bonds is 10. The van der Waals surface area contributed by atoms with Crippen LogP contribution < -0.4 is 11.1 Å². The minimum atomic E-state index is -0.458. The molecule has 7 rings (SSSR count). The lowest BCUT2D eigenvalue weighted by Crippen LogP contribution is -2.50. The number of amides is 2. The number of aliphatic imine (C=N–C) groups is 2. The number of carbonyl (C=O) groups excluding carboxylic acids is 2. The Morgan fingerprint density at radius 2 is 1.21 bits per heavy atom. The first kappa shape index (κ1) is 35.2. The molecule has 2 aromatic carbocycles. The SMILES string of the molecule is CC(C)[C@H](C)C(=O)N1CCC[C@H]1c1ncc(-c2ccc(-c3ccc(-c4cnc([C@@H]5CCCN5C(=O)[C@@H](NC5=NCC(N)=N5)C(C)C)[nH]4)cc3)cc2)[nH]1. The number of nitrogens with zero attached hydrogens (tertiary/aromatic N) is 6. The first-order valence-corrected chi connectivity index (χ1v) is 18.6. The molecule has 2 aromatic heterocycles. The van der Waals surface area contributed by atoms with Gasteiger partial charge >= 0.3 is 0 Å². The molecule has 12 heteroatoms. The zero-order valence-electron chi connectivity index (χ0n) is 30.8. The van der Waals surface area contributed by atoms with E-state index in [9.17, 15) is 9.59 Å². The molecular weight excluding hydrogens is 653 g/mol. The maximum atomic E-state index is 13.8. The number of aromatic amines is 2. The second-order valence-corrected chi connectivity index (χ2v) is 15.0. The average Bonchev–Trinajstić information content (AvgIpc) is 3.99. The topological polar surface area (TPSA) is 161 Å². The predicted octanol–water partition coefficient (Wildman–Crippen LogP) is 6.09. The number of hydrogen-bond donors (Lipinski definition) is 4. The molecule has 0 spiro atoms. The highest BCUT2D eigenvalue weighted by Gasteiger charge is 2.38. The minimum absolute atomic E-state index is 0.00118. The van der Waals surface area contributed by atoms with E-state index in [0.717, 1.165) is 77.5 Å². The zero-order valence-corrected chi connectivity index (χ0v) is 30.8. The first-order chi connectivity index (χ1) is 25.1. The third kappa shape index (κ3) is 7.11. The summed E-state index contributed by atoms with van der Waals surface area (Å²) >= 11 is 0. The van der Waals surface area contributed by atoms with Crippen molar-refractivity contribution >= 4 is 23.6 Å². The number of hydrogen-bond acceptors (Lipinski definition) is 8. The molecule has 12 nitrogen and oxygen atoms in total. The third-order valence-electron chi connectivity index (χ3n) is 10.9. The smallest absolute Gasteiger partial charge is 0.246 e. The van der Waals surface area contributed by atoms with Gasteiger partial charge in [-0.2, -0.15) is 4.99 Å². The van der Waals surface area contributed by atoms with Crippen molar-refractivity contribution in [2.24, 2.45) is 33.5 Å². The summed E-state index contributed by atoms with van der Waals surface area (Å²) in [6.45, 7) is 12.1. The van der Waals surface area contributed by atoms with Gasteiger partial charge in [0.25, 0.3) is 0 Å². The number of likely N-dealkylation sites (tertiary alicyclic amines) is 2. The summed E-state index contributed by atoms with van der Waals surface area (Å²) < 4.78 is 0. The number of nitrogens with one attached hydrogen (secondary N) is 3. The number of H-pyrrole nitrogens is 2. The molecule has 5 N–H and O–H groups in total. The van der Waals surface area contributed by atoms with Gasteiger partial charge in [0.2, 0.25) is 17.8 Å². The Morgan fingerprint density at radius 3 is 1.65 bits per heavy atom. The number of imidazole rings is 2.